The number of rotatable bonds is 7. The van der Waals surface area contributed by atoms with Gasteiger partial charge in [0.2, 0.25) is 5.91 Å². The maximum atomic E-state index is 12.5. The van der Waals surface area contributed by atoms with Gasteiger partial charge < -0.3 is 20.5 Å². The van der Waals surface area contributed by atoms with E-state index in [1.54, 1.807) is 7.11 Å². The van der Waals surface area contributed by atoms with Crippen molar-refractivity contribution in [3.8, 4) is 5.75 Å². The number of nitrogens with one attached hydrogen (secondary N) is 1. The number of nitrogens with zero attached hydrogens (tertiary/aromatic N) is 1. The van der Waals surface area contributed by atoms with Crippen molar-refractivity contribution in [3.63, 3.8) is 0 Å². The Kier molecular flexibility index (Phi) is 11.2. The van der Waals surface area contributed by atoms with Gasteiger partial charge in [0, 0.05) is 13.1 Å². The summed E-state index contributed by atoms with van der Waals surface area (Å²) in [5.74, 6) is 0.832. The average Bonchev–Trinajstić information content (AvgIpc) is 3.19. The first kappa shape index (κ1) is 25.0. The van der Waals surface area contributed by atoms with Crippen molar-refractivity contribution in [2.24, 2.45) is 5.73 Å². The molecule has 1 aromatic rings. The van der Waals surface area contributed by atoms with Crippen molar-refractivity contribution in [2.45, 2.75) is 50.4 Å². The highest BCUT2D eigenvalue weighted by atomic mass is 35.5. The lowest BCUT2D eigenvalue weighted by Crippen LogP contribution is -2.43. The van der Waals surface area contributed by atoms with Crippen molar-refractivity contribution in [1.29, 1.82) is 0 Å². The van der Waals surface area contributed by atoms with Gasteiger partial charge >= 0.3 is 0 Å². The minimum absolute atomic E-state index is 0. The largest absolute Gasteiger partial charge is 0.497 e. The maximum Gasteiger partial charge on any atom is 0.249 e. The topological polar surface area (TPSA) is 76.8 Å². The summed E-state index contributed by atoms with van der Waals surface area (Å²) in [6.07, 6.45) is 4.99. The molecule has 8 heteroatoms. The molecule has 0 saturated carbocycles. The van der Waals surface area contributed by atoms with Crippen LogP contribution in [0.15, 0.2) is 24.3 Å². The Morgan fingerprint density at radius 1 is 1.21 bits per heavy atom. The second-order valence-electron chi connectivity index (χ2n) is 7.19. The monoisotopic (exact) mass is 433 g/mol. The highest BCUT2D eigenvalue weighted by molar-refractivity contribution is 5.85. The lowest BCUT2D eigenvalue weighted by atomic mass is 10.0. The minimum Gasteiger partial charge on any atom is -0.497 e. The molecule has 0 aromatic heterocycles. The summed E-state index contributed by atoms with van der Waals surface area (Å²) in [4.78, 5) is 15.0. The van der Waals surface area contributed by atoms with Crippen LogP contribution in [-0.4, -0.2) is 56.3 Å². The number of hydrogen-bond donors (Lipinski definition) is 2. The number of methoxy groups -OCH3 is 1. The van der Waals surface area contributed by atoms with E-state index in [2.05, 4.69) is 22.3 Å². The van der Waals surface area contributed by atoms with Gasteiger partial charge in [-0.2, -0.15) is 0 Å². The van der Waals surface area contributed by atoms with Gasteiger partial charge in [-0.15, -0.1) is 24.8 Å². The minimum atomic E-state index is -0.360. The Hall–Kier alpha value is -1.05. The number of halogens is 2. The van der Waals surface area contributed by atoms with Crippen molar-refractivity contribution >= 4 is 30.7 Å². The molecule has 0 radical (unpaired) electrons. The van der Waals surface area contributed by atoms with Crippen LogP contribution >= 0.6 is 24.8 Å². The highest BCUT2D eigenvalue weighted by Crippen LogP contribution is 2.26. The molecule has 2 heterocycles. The zero-order valence-electron chi connectivity index (χ0n) is 16.5. The molecule has 0 aliphatic carbocycles. The summed E-state index contributed by atoms with van der Waals surface area (Å²) in [6.45, 7) is 3.22. The average molecular weight is 434 g/mol. The third-order valence-corrected chi connectivity index (χ3v) is 5.46. The number of likely N-dealkylation sites (tertiary alicyclic amines) is 1. The predicted octanol–water partition coefficient (Wildman–Crippen LogP) is 2.69. The number of carbonyl (C=O) groups is 1. The van der Waals surface area contributed by atoms with E-state index < -0.39 is 0 Å². The van der Waals surface area contributed by atoms with Crippen LogP contribution in [0.5, 0.6) is 5.75 Å². The predicted molar refractivity (Wildman–Crippen MR) is 116 cm³/mol. The Morgan fingerprint density at radius 2 is 1.89 bits per heavy atom. The molecule has 0 spiro atoms. The van der Waals surface area contributed by atoms with Crippen LogP contribution in [0.1, 0.15) is 43.7 Å². The van der Waals surface area contributed by atoms with Gasteiger partial charge in [-0.3, -0.25) is 9.69 Å². The van der Waals surface area contributed by atoms with Crippen molar-refractivity contribution in [2.75, 3.05) is 33.3 Å². The molecule has 2 saturated heterocycles. The first-order valence-corrected chi connectivity index (χ1v) is 9.72. The zero-order valence-corrected chi connectivity index (χ0v) is 18.1. The highest BCUT2D eigenvalue weighted by Gasteiger charge is 2.31. The quantitative estimate of drug-likeness (QED) is 0.690. The molecule has 6 nitrogen and oxygen atoms in total. The molecule has 3 atom stereocenters. The Bertz CT molecular complexity index is 583. The van der Waals surface area contributed by atoms with Gasteiger partial charge in [0.15, 0.2) is 0 Å². The first-order valence-electron chi connectivity index (χ1n) is 9.72. The van der Waals surface area contributed by atoms with Crippen LogP contribution in [0, 0.1) is 0 Å². The van der Waals surface area contributed by atoms with Crippen LogP contribution < -0.4 is 15.8 Å². The SMILES string of the molecule is COc1ccc(C(CNC(=O)[C@@H]2CC[C@H](CN)O2)N2CCCCC2)cc1.Cl.Cl. The second-order valence-corrected chi connectivity index (χ2v) is 7.19. The summed E-state index contributed by atoms with van der Waals surface area (Å²) in [5, 5.41) is 3.12. The van der Waals surface area contributed by atoms with Crippen LogP contribution in [0.2, 0.25) is 0 Å². The Labute approximate surface area is 180 Å². The molecule has 28 heavy (non-hydrogen) atoms. The van der Waals surface area contributed by atoms with Crippen LogP contribution in [-0.2, 0) is 9.53 Å². The molecular formula is C20H33Cl2N3O3. The standard InChI is InChI=1S/C20H31N3O3.2ClH/c1-25-16-7-5-15(6-8-16)18(23-11-3-2-4-12-23)14-22-20(24)19-10-9-17(13-21)26-19;;/h5-8,17-19H,2-4,9-14,21H2,1H3,(H,22,24);2*1H/t17-,18?,19+;;/m1../s1. The molecule has 160 valence electrons. The number of ether oxygens (including phenoxy) is 2. The fourth-order valence-electron chi connectivity index (χ4n) is 3.90. The summed E-state index contributed by atoms with van der Waals surface area (Å²) in [6, 6.07) is 8.35. The number of nitrogens with two attached hydrogens (primary N) is 1. The van der Waals surface area contributed by atoms with E-state index in [4.69, 9.17) is 15.2 Å². The van der Waals surface area contributed by atoms with Crippen molar-refractivity contribution in [1.82, 2.24) is 10.2 Å². The number of carbonyl (C=O) groups excluding carboxylic acids is 1. The van der Waals surface area contributed by atoms with E-state index in [1.165, 1.54) is 24.8 Å². The summed E-state index contributed by atoms with van der Waals surface area (Å²) < 4.78 is 11.0. The fourth-order valence-corrected chi connectivity index (χ4v) is 3.90. The molecule has 1 aromatic carbocycles. The molecule has 3 rings (SSSR count). The molecule has 3 N–H and O–H groups in total. The summed E-state index contributed by atoms with van der Waals surface area (Å²) in [5.41, 5.74) is 6.85. The van der Waals surface area contributed by atoms with Gasteiger partial charge in [-0.1, -0.05) is 18.6 Å². The van der Waals surface area contributed by atoms with Gasteiger partial charge in [0.1, 0.15) is 11.9 Å². The van der Waals surface area contributed by atoms with E-state index in [0.29, 0.717) is 13.1 Å². The lowest BCUT2D eigenvalue weighted by Gasteiger charge is -2.35. The number of piperidine rings is 1. The van der Waals surface area contributed by atoms with Crippen LogP contribution in [0.4, 0.5) is 0 Å². The third-order valence-electron chi connectivity index (χ3n) is 5.46. The van der Waals surface area contributed by atoms with E-state index in [9.17, 15) is 4.79 Å². The Morgan fingerprint density at radius 3 is 2.46 bits per heavy atom. The van der Waals surface area contributed by atoms with Crippen LogP contribution in [0.3, 0.4) is 0 Å². The molecule has 1 unspecified atom stereocenters. The van der Waals surface area contributed by atoms with E-state index in [0.717, 1.165) is 31.7 Å². The van der Waals surface area contributed by atoms with Crippen molar-refractivity contribution < 1.29 is 14.3 Å². The third kappa shape index (κ3) is 6.49. The van der Waals surface area contributed by atoms with Gasteiger partial charge in [0.25, 0.3) is 0 Å². The summed E-state index contributed by atoms with van der Waals surface area (Å²) >= 11 is 0. The number of benzene rings is 1. The molecule has 2 aliphatic rings. The normalized spacial score (nSPS) is 23.2. The van der Waals surface area contributed by atoms with E-state index in [1.807, 2.05) is 12.1 Å². The molecule has 0 bridgehead atoms. The van der Waals surface area contributed by atoms with Gasteiger partial charge in [0.05, 0.1) is 19.3 Å². The molecular weight excluding hydrogens is 401 g/mol. The zero-order chi connectivity index (χ0) is 18.4. The van der Waals surface area contributed by atoms with Crippen molar-refractivity contribution in [3.05, 3.63) is 29.8 Å². The lowest BCUT2D eigenvalue weighted by molar-refractivity contribution is -0.132. The summed E-state index contributed by atoms with van der Waals surface area (Å²) in [7, 11) is 1.67. The van der Waals surface area contributed by atoms with Gasteiger partial charge in [-0.05, 0) is 56.5 Å². The maximum absolute atomic E-state index is 12.5. The molecule has 2 aliphatic heterocycles. The molecule has 1 amide bonds. The molecule has 2 fully saturated rings. The smallest absolute Gasteiger partial charge is 0.249 e. The number of hydrogen-bond acceptors (Lipinski definition) is 5. The fraction of sp³-hybridized carbons (Fsp3) is 0.650. The van der Waals surface area contributed by atoms with E-state index >= 15 is 0 Å². The van der Waals surface area contributed by atoms with Gasteiger partial charge in [-0.25, -0.2) is 0 Å². The Balaban J connectivity index is 0.00000196. The second kappa shape index (κ2) is 12.5. The van der Waals surface area contributed by atoms with E-state index in [-0.39, 0.29) is 49.0 Å². The van der Waals surface area contributed by atoms with Crippen LogP contribution in [0.25, 0.3) is 0 Å². The first-order chi connectivity index (χ1) is 12.7. The number of amides is 1.